The third-order valence-electron chi connectivity index (χ3n) is 2.96. The minimum absolute atomic E-state index is 0.0722. The molecule has 0 saturated heterocycles. The summed E-state index contributed by atoms with van der Waals surface area (Å²) >= 11 is 0. The molecule has 1 aliphatic rings. The highest BCUT2D eigenvalue weighted by molar-refractivity contribution is 5.78. The molecule has 1 fully saturated rings. The molecular formula is C11H17N3O2. The second kappa shape index (κ2) is 4.65. The van der Waals surface area contributed by atoms with Crippen molar-refractivity contribution in [3.8, 4) is 0 Å². The van der Waals surface area contributed by atoms with Crippen LogP contribution in [-0.4, -0.2) is 17.1 Å². The van der Waals surface area contributed by atoms with E-state index in [4.69, 9.17) is 10.3 Å². The molecule has 0 spiro atoms. The van der Waals surface area contributed by atoms with Crippen molar-refractivity contribution < 1.29 is 9.32 Å². The van der Waals surface area contributed by atoms with E-state index in [1.54, 1.807) is 0 Å². The van der Waals surface area contributed by atoms with Crippen molar-refractivity contribution in [2.75, 3.05) is 0 Å². The van der Waals surface area contributed by atoms with Crippen molar-refractivity contribution >= 4 is 5.91 Å². The Morgan fingerprint density at radius 1 is 1.69 bits per heavy atom. The highest BCUT2D eigenvalue weighted by Gasteiger charge is 2.27. The second-order valence-electron chi connectivity index (χ2n) is 4.42. The number of amides is 1. The second-order valence-corrected chi connectivity index (χ2v) is 4.42. The van der Waals surface area contributed by atoms with E-state index in [9.17, 15) is 4.79 Å². The Morgan fingerprint density at radius 2 is 2.50 bits per heavy atom. The standard InChI is InChI=1S/C11H17N3O2/c1-7-4-10(14-16-7)6-13-11(15)8-2-3-9(12)5-8/h4,8-9H,2-3,5-6,12H2,1H3,(H,13,15). The van der Waals surface area contributed by atoms with Gasteiger partial charge >= 0.3 is 0 Å². The first kappa shape index (κ1) is 11.1. The number of rotatable bonds is 3. The maximum absolute atomic E-state index is 11.7. The van der Waals surface area contributed by atoms with E-state index in [2.05, 4.69) is 10.5 Å². The molecule has 3 N–H and O–H groups in total. The van der Waals surface area contributed by atoms with Crippen LogP contribution in [-0.2, 0) is 11.3 Å². The van der Waals surface area contributed by atoms with Crippen LogP contribution in [0.2, 0.25) is 0 Å². The number of aryl methyl sites for hydroxylation is 1. The maximum atomic E-state index is 11.7. The van der Waals surface area contributed by atoms with Gasteiger partial charge in [0.2, 0.25) is 5.91 Å². The quantitative estimate of drug-likeness (QED) is 0.791. The summed E-state index contributed by atoms with van der Waals surface area (Å²) < 4.78 is 4.92. The van der Waals surface area contributed by atoms with E-state index in [1.165, 1.54) is 0 Å². The Bertz CT molecular complexity index is 375. The van der Waals surface area contributed by atoms with Gasteiger partial charge < -0.3 is 15.6 Å². The minimum atomic E-state index is 0.0722. The zero-order valence-corrected chi connectivity index (χ0v) is 9.40. The van der Waals surface area contributed by atoms with E-state index < -0.39 is 0 Å². The summed E-state index contributed by atoms with van der Waals surface area (Å²) in [7, 11) is 0. The molecule has 1 aliphatic carbocycles. The van der Waals surface area contributed by atoms with Crippen LogP contribution < -0.4 is 11.1 Å². The van der Waals surface area contributed by atoms with Gasteiger partial charge in [0.25, 0.3) is 0 Å². The Kier molecular flexibility index (Phi) is 3.24. The normalized spacial score (nSPS) is 24.6. The van der Waals surface area contributed by atoms with Crippen molar-refractivity contribution in [2.24, 2.45) is 11.7 Å². The molecule has 2 unspecified atom stereocenters. The molecule has 1 aromatic heterocycles. The summed E-state index contributed by atoms with van der Waals surface area (Å²) in [5.41, 5.74) is 6.52. The van der Waals surface area contributed by atoms with Crippen molar-refractivity contribution in [3.05, 3.63) is 17.5 Å². The Balaban J connectivity index is 1.80. The number of carbonyl (C=O) groups excluding carboxylic acids is 1. The number of nitrogens with two attached hydrogens (primary N) is 1. The molecule has 88 valence electrons. The molecule has 5 nitrogen and oxygen atoms in total. The van der Waals surface area contributed by atoms with Crippen LogP contribution in [0.1, 0.15) is 30.7 Å². The number of nitrogens with one attached hydrogen (secondary N) is 1. The number of nitrogens with zero attached hydrogens (tertiary/aromatic N) is 1. The van der Waals surface area contributed by atoms with Gasteiger partial charge in [0.15, 0.2) is 0 Å². The fourth-order valence-corrected chi connectivity index (χ4v) is 2.08. The molecule has 0 bridgehead atoms. The molecule has 0 aromatic carbocycles. The largest absolute Gasteiger partial charge is 0.361 e. The molecule has 1 saturated carbocycles. The van der Waals surface area contributed by atoms with Gasteiger partial charge in [-0.2, -0.15) is 0 Å². The summed E-state index contributed by atoms with van der Waals surface area (Å²) in [6.07, 6.45) is 2.63. The first-order valence-electron chi connectivity index (χ1n) is 5.60. The van der Waals surface area contributed by atoms with Crippen LogP contribution in [0.15, 0.2) is 10.6 Å². The zero-order valence-electron chi connectivity index (χ0n) is 9.40. The monoisotopic (exact) mass is 223 g/mol. The Morgan fingerprint density at radius 3 is 3.06 bits per heavy atom. The van der Waals surface area contributed by atoms with E-state index in [0.29, 0.717) is 6.54 Å². The Labute approximate surface area is 94.4 Å². The van der Waals surface area contributed by atoms with Gasteiger partial charge in [0.1, 0.15) is 11.5 Å². The third-order valence-corrected chi connectivity index (χ3v) is 2.96. The lowest BCUT2D eigenvalue weighted by molar-refractivity contribution is -0.125. The van der Waals surface area contributed by atoms with Gasteiger partial charge in [-0.05, 0) is 26.2 Å². The SMILES string of the molecule is Cc1cc(CNC(=O)C2CCC(N)C2)no1. The summed E-state index contributed by atoms with van der Waals surface area (Å²) in [4.78, 5) is 11.7. The van der Waals surface area contributed by atoms with Crippen molar-refractivity contribution in [1.82, 2.24) is 10.5 Å². The van der Waals surface area contributed by atoms with Crippen molar-refractivity contribution in [2.45, 2.75) is 38.8 Å². The van der Waals surface area contributed by atoms with Gasteiger partial charge in [-0.15, -0.1) is 0 Å². The zero-order chi connectivity index (χ0) is 11.5. The van der Waals surface area contributed by atoms with Crippen molar-refractivity contribution in [1.29, 1.82) is 0 Å². The van der Waals surface area contributed by atoms with Gasteiger partial charge in [-0.25, -0.2) is 0 Å². The van der Waals surface area contributed by atoms with Crippen LogP contribution in [0.5, 0.6) is 0 Å². The smallest absolute Gasteiger partial charge is 0.223 e. The molecule has 16 heavy (non-hydrogen) atoms. The summed E-state index contributed by atoms with van der Waals surface area (Å²) in [5, 5.41) is 6.67. The van der Waals surface area contributed by atoms with Gasteiger partial charge in [-0.1, -0.05) is 5.16 Å². The van der Waals surface area contributed by atoms with Crippen LogP contribution >= 0.6 is 0 Å². The number of hydrogen-bond acceptors (Lipinski definition) is 4. The fourth-order valence-electron chi connectivity index (χ4n) is 2.08. The average molecular weight is 223 g/mol. The highest BCUT2D eigenvalue weighted by Crippen LogP contribution is 2.24. The molecule has 1 aromatic rings. The average Bonchev–Trinajstić information content (AvgIpc) is 2.84. The fraction of sp³-hybridized carbons (Fsp3) is 0.636. The van der Waals surface area contributed by atoms with E-state index in [0.717, 1.165) is 30.7 Å². The van der Waals surface area contributed by atoms with E-state index in [-0.39, 0.29) is 17.9 Å². The van der Waals surface area contributed by atoms with Crippen LogP contribution in [0.25, 0.3) is 0 Å². The lowest BCUT2D eigenvalue weighted by Crippen LogP contribution is -2.30. The van der Waals surface area contributed by atoms with E-state index in [1.807, 2.05) is 13.0 Å². The molecule has 1 amide bonds. The molecule has 5 heteroatoms. The van der Waals surface area contributed by atoms with Crippen LogP contribution in [0.4, 0.5) is 0 Å². The van der Waals surface area contributed by atoms with Crippen LogP contribution in [0.3, 0.4) is 0 Å². The van der Waals surface area contributed by atoms with Gasteiger partial charge in [0.05, 0.1) is 6.54 Å². The molecule has 0 aliphatic heterocycles. The highest BCUT2D eigenvalue weighted by atomic mass is 16.5. The third kappa shape index (κ3) is 2.61. The van der Waals surface area contributed by atoms with Gasteiger partial charge in [-0.3, -0.25) is 4.79 Å². The predicted octanol–water partition coefficient (Wildman–Crippen LogP) is 0.727. The molecule has 0 radical (unpaired) electrons. The number of hydrogen-bond donors (Lipinski definition) is 2. The molecular weight excluding hydrogens is 206 g/mol. The molecule has 2 rings (SSSR count). The summed E-state index contributed by atoms with van der Waals surface area (Å²) in [6.45, 7) is 2.26. The van der Waals surface area contributed by atoms with Crippen molar-refractivity contribution in [3.63, 3.8) is 0 Å². The summed E-state index contributed by atoms with van der Waals surface area (Å²) in [5.74, 6) is 0.906. The minimum Gasteiger partial charge on any atom is -0.361 e. The van der Waals surface area contributed by atoms with Crippen LogP contribution in [0, 0.1) is 12.8 Å². The summed E-state index contributed by atoms with van der Waals surface area (Å²) in [6, 6.07) is 2.01. The van der Waals surface area contributed by atoms with Gasteiger partial charge in [0, 0.05) is 18.0 Å². The first-order chi connectivity index (χ1) is 7.65. The Hall–Kier alpha value is -1.36. The topological polar surface area (TPSA) is 81.2 Å². The first-order valence-corrected chi connectivity index (χ1v) is 5.60. The number of carbonyl (C=O) groups is 1. The maximum Gasteiger partial charge on any atom is 0.223 e. The lowest BCUT2D eigenvalue weighted by Gasteiger charge is -2.09. The predicted molar refractivity (Wildman–Crippen MR) is 58.4 cm³/mol. The molecule has 2 atom stereocenters. The lowest BCUT2D eigenvalue weighted by atomic mass is 10.1. The number of aromatic nitrogens is 1. The van der Waals surface area contributed by atoms with E-state index >= 15 is 0 Å². The molecule has 1 heterocycles.